The number of unbranched alkanes of at least 4 members (excludes halogenated alkanes) is 1. The number of aliphatic carboxylic acids is 2. The van der Waals surface area contributed by atoms with Gasteiger partial charge in [-0.15, -0.1) is 0 Å². The Labute approximate surface area is 450 Å². The van der Waals surface area contributed by atoms with Crippen molar-refractivity contribution in [2.45, 2.75) is 147 Å². The second kappa shape index (κ2) is 33.6. The van der Waals surface area contributed by atoms with Gasteiger partial charge in [0.2, 0.25) is 59.1 Å². The van der Waals surface area contributed by atoms with Crippen molar-refractivity contribution in [3.8, 4) is 0 Å². The lowest BCUT2D eigenvalue weighted by molar-refractivity contribution is -0.142. The van der Waals surface area contributed by atoms with Gasteiger partial charge in [0.15, 0.2) is 0 Å². The number of nitrogens with two attached hydrogens (primary N) is 4. The first kappa shape index (κ1) is 65.8. The molecular weight excluding hydrogens is 1030 g/mol. The Morgan fingerprint density at radius 2 is 1.18 bits per heavy atom. The van der Waals surface area contributed by atoms with E-state index in [0.29, 0.717) is 48.0 Å². The topological polar surface area (TPSA) is 461 Å². The average molecular weight is 1100 g/mol. The van der Waals surface area contributed by atoms with E-state index in [1.807, 2.05) is 6.92 Å². The Bertz CT molecular complexity index is 2390. The van der Waals surface area contributed by atoms with Crippen molar-refractivity contribution in [3.05, 3.63) is 36.0 Å². The molecule has 1 heterocycles. The molecular formula is C49H77N13O14S. The largest absolute Gasteiger partial charge is 0.481 e. The molecule has 0 aliphatic carbocycles. The van der Waals surface area contributed by atoms with Crippen LogP contribution in [0.15, 0.2) is 30.5 Å². The first-order chi connectivity index (χ1) is 36.3. The zero-order chi connectivity index (χ0) is 57.9. The summed E-state index contributed by atoms with van der Waals surface area (Å²) >= 11 is 1.32. The van der Waals surface area contributed by atoms with Crippen LogP contribution in [0.25, 0.3) is 10.9 Å². The number of nitrogens with one attached hydrogen (secondary N) is 9. The first-order valence-corrected chi connectivity index (χ1v) is 26.6. The summed E-state index contributed by atoms with van der Waals surface area (Å²) in [6.07, 6.45) is 1.76. The van der Waals surface area contributed by atoms with E-state index in [4.69, 9.17) is 22.9 Å². The van der Waals surface area contributed by atoms with Gasteiger partial charge >= 0.3 is 11.9 Å². The molecule has 0 spiro atoms. The summed E-state index contributed by atoms with van der Waals surface area (Å²) < 4.78 is 0. The number of hydrogen-bond acceptors (Lipinski definition) is 15. The number of thioether (sulfide) groups is 1. The van der Waals surface area contributed by atoms with Crippen LogP contribution in [0.1, 0.15) is 97.5 Å². The number of amides is 10. The van der Waals surface area contributed by atoms with E-state index >= 15 is 0 Å². The van der Waals surface area contributed by atoms with Crippen molar-refractivity contribution >= 4 is 93.7 Å². The Morgan fingerprint density at radius 1 is 0.636 bits per heavy atom. The van der Waals surface area contributed by atoms with Crippen LogP contribution in [0, 0.1) is 11.8 Å². The third-order valence-corrected chi connectivity index (χ3v) is 13.1. The Balaban J connectivity index is 2.50. The molecule has 28 heteroatoms. The number of hydrogen-bond donors (Lipinski definition) is 15. The molecule has 2 aromatic rings. The molecule has 77 heavy (non-hydrogen) atoms. The molecule has 19 N–H and O–H groups in total. The van der Waals surface area contributed by atoms with E-state index in [1.165, 1.54) is 11.8 Å². The van der Waals surface area contributed by atoms with Gasteiger partial charge < -0.3 is 80.7 Å². The summed E-state index contributed by atoms with van der Waals surface area (Å²) in [4.78, 5) is 161. The molecule has 1 aromatic carbocycles. The van der Waals surface area contributed by atoms with Gasteiger partial charge in [0.25, 0.3) is 0 Å². The number of carbonyl (C=O) groups is 12. The molecule has 9 unspecified atom stereocenters. The van der Waals surface area contributed by atoms with Crippen molar-refractivity contribution in [3.63, 3.8) is 0 Å². The van der Waals surface area contributed by atoms with Crippen LogP contribution >= 0.6 is 11.8 Å². The fourth-order valence-electron chi connectivity index (χ4n) is 7.67. The van der Waals surface area contributed by atoms with Crippen molar-refractivity contribution in [2.24, 2.45) is 34.8 Å². The van der Waals surface area contributed by atoms with E-state index < -0.39 is 164 Å². The fraction of sp³-hybridized carbons (Fsp3) is 0.592. The number of carbonyl (C=O) groups excluding carboxylic acids is 10. The van der Waals surface area contributed by atoms with E-state index in [1.54, 1.807) is 57.5 Å². The molecule has 1 aromatic heterocycles. The number of carboxylic acids is 2. The number of primary amides is 2. The predicted octanol–water partition coefficient (Wildman–Crippen LogP) is -2.78. The van der Waals surface area contributed by atoms with Gasteiger partial charge in [0, 0.05) is 36.4 Å². The summed E-state index contributed by atoms with van der Waals surface area (Å²) in [5, 5.41) is 39.4. The lowest BCUT2D eigenvalue weighted by Gasteiger charge is -2.28. The van der Waals surface area contributed by atoms with Crippen molar-refractivity contribution in [1.29, 1.82) is 0 Å². The molecule has 0 bridgehead atoms. The molecule has 10 amide bonds. The van der Waals surface area contributed by atoms with E-state index in [-0.39, 0.29) is 25.2 Å². The van der Waals surface area contributed by atoms with Crippen LogP contribution in [0.5, 0.6) is 0 Å². The minimum absolute atomic E-state index is 0.0228. The third-order valence-electron chi connectivity index (χ3n) is 12.4. The summed E-state index contributed by atoms with van der Waals surface area (Å²) in [7, 11) is 0. The van der Waals surface area contributed by atoms with Gasteiger partial charge in [-0.25, -0.2) is 4.79 Å². The number of fused-ring (bicyclic) bond motifs is 1. The maximum absolute atomic E-state index is 14.5. The highest BCUT2D eigenvalue weighted by atomic mass is 32.2. The smallest absolute Gasteiger partial charge is 0.326 e. The van der Waals surface area contributed by atoms with Gasteiger partial charge in [-0.2, -0.15) is 11.8 Å². The fourth-order valence-corrected chi connectivity index (χ4v) is 8.14. The van der Waals surface area contributed by atoms with Crippen LogP contribution in [-0.4, -0.2) is 160 Å². The number of para-hydroxylation sites is 1. The average Bonchev–Trinajstić information content (AvgIpc) is 3.78. The molecule has 0 radical (unpaired) electrons. The van der Waals surface area contributed by atoms with Gasteiger partial charge in [0.1, 0.15) is 42.3 Å². The van der Waals surface area contributed by atoms with Crippen molar-refractivity contribution < 1.29 is 67.7 Å². The summed E-state index contributed by atoms with van der Waals surface area (Å²) in [6, 6.07) is -4.53. The Morgan fingerprint density at radius 3 is 1.73 bits per heavy atom. The second-order valence-corrected chi connectivity index (χ2v) is 19.8. The quantitative estimate of drug-likeness (QED) is 0.0304. The highest BCUT2D eigenvalue weighted by Crippen LogP contribution is 2.20. The van der Waals surface area contributed by atoms with Gasteiger partial charge in [0.05, 0.1) is 19.0 Å². The molecule has 428 valence electrons. The molecule has 27 nitrogen and oxygen atoms in total. The molecule has 0 fully saturated rings. The molecule has 2 rings (SSSR count). The Hall–Kier alpha value is -7.33. The zero-order valence-corrected chi connectivity index (χ0v) is 44.9. The number of benzene rings is 1. The summed E-state index contributed by atoms with van der Waals surface area (Å²) in [6.45, 7) is 6.25. The molecule has 0 saturated heterocycles. The monoisotopic (exact) mass is 1100 g/mol. The predicted molar refractivity (Wildman–Crippen MR) is 283 cm³/mol. The normalized spacial score (nSPS) is 14.6. The van der Waals surface area contributed by atoms with Crippen LogP contribution in [-0.2, 0) is 64.0 Å². The zero-order valence-electron chi connectivity index (χ0n) is 44.1. The lowest BCUT2D eigenvalue weighted by atomic mass is 9.99. The van der Waals surface area contributed by atoms with Crippen LogP contribution in [0.3, 0.4) is 0 Å². The third kappa shape index (κ3) is 23.2. The highest BCUT2D eigenvalue weighted by Gasteiger charge is 2.36. The van der Waals surface area contributed by atoms with Crippen molar-refractivity contribution in [2.75, 3.05) is 25.1 Å². The number of carboxylic acid groups (broad SMARTS) is 2. The van der Waals surface area contributed by atoms with Crippen molar-refractivity contribution in [1.82, 2.24) is 47.5 Å². The van der Waals surface area contributed by atoms with E-state index in [9.17, 15) is 67.7 Å². The highest BCUT2D eigenvalue weighted by molar-refractivity contribution is 7.98. The number of rotatable bonds is 37. The number of H-pyrrole nitrogens is 1. The standard InChI is InChI=1S/C49H77N13O14S/c1-6-26(4)40(53)47(73)61-35(22-37(52)64)46(72)59-32(18-20-77-5)43(69)60-34(21-27-23-54-29-12-8-7-11-28(27)29)45(71)58-30(14-16-36(51)63)42(68)57-31(15-17-39(66)67)44(70)62-41(25(2)3)48(74)55-24-38(65)56-33(49(75)76)13-9-10-19-50/h7-8,11-12,23,25-26,30-35,40-41,54H,6,9-10,13-22,24,50,53H2,1-5H3,(H2,51,63)(H2,52,64)(H,55,74)(H,56,65)(H,57,68)(H,58,71)(H,59,72)(H,60,69)(H,61,73)(H,62,70)(H,66,67)(H,75,76). The minimum atomic E-state index is -1.69. The number of aromatic nitrogens is 1. The maximum Gasteiger partial charge on any atom is 0.326 e. The van der Waals surface area contributed by atoms with E-state index in [2.05, 4.69) is 47.5 Å². The Kier molecular flexibility index (Phi) is 28.7. The summed E-state index contributed by atoms with van der Waals surface area (Å²) in [5.74, 6) is -12.7. The summed E-state index contributed by atoms with van der Waals surface area (Å²) in [5.41, 5.74) is 23.6. The SMILES string of the molecule is CCC(C)C(N)C(=O)NC(CC(N)=O)C(=O)NC(CCSC)C(=O)NC(Cc1c[nH]c2ccccc12)C(=O)NC(CCC(N)=O)C(=O)NC(CCC(=O)O)C(=O)NC(C(=O)NCC(=O)NC(CCCCN)C(=O)O)C(C)C. The van der Waals surface area contributed by atoms with Crippen LogP contribution in [0.2, 0.25) is 0 Å². The maximum atomic E-state index is 14.5. The first-order valence-electron chi connectivity index (χ1n) is 25.2. The van der Waals surface area contributed by atoms with Gasteiger partial charge in [-0.3, -0.25) is 52.7 Å². The molecule has 9 atom stereocenters. The van der Waals surface area contributed by atoms with E-state index in [0.717, 1.165) is 0 Å². The van der Waals surface area contributed by atoms with Crippen LogP contribution in [0.4, 0.5) is 0 Å². The van der Waals surface area contributed by atoms with Gasteiger partial charge in [-0.05, 0) is 80.5 Å². The number of aromatic amines is 1. The molecule has 0 aliphatic rings. The second-order valence-electron chi connectivity index (χ2n) is 18.9. The van der Waals surface area contributed by atoms with Gasteiger partial charge in [-0.1, -0.05) is 52.3 Å². The minimum Gasteiger partial charge on any atom is -0.481 e. The molecule has 0 aliphatic heterocycles. The lowest BCUT2D eigenvalue weighted by Crippen LogP contribution is -2.61. The molecule has 0 saturated carbocycles. The van der Waals surface area contributed by atoms with Crippen LogP contribution < -0.4 is 65.5 Å².